The second-order valence-electron chi connectivity index (χ2n) is 3.94. The fourth-order valence-corrected chi connectivity index (χ4v) is 1.58. The van der Waals surface area contributed by atoms with Gasteiger partial charge in [0.1, 0.15) is 5.75 Å². The Kier molecular flexibility index (Phi) is 3.44. The summed E-state index contributed by atoms with van der Waals surface area (Å²) in [6.07, 6.45) is 3.60. The van der Waals surface area contributed by atoms with E-state index in [0.717, 1.165) is 29.2 Å². The van der Waals surface area contributed by atoms with Crippen LogP contribution in [0.25, 0.3) is 0 Å². The van der Waals surface area contributed by atoms with Gasteiger partial charge >= 0.3 is 0 Å². The van der Waals surface area contributed by atoms with Crippen LogP contribution in [0.1, 0.15) is 18.1 Å². The first-order valence-corrected chi connectivity index (χ1v) is 5.73. The molecule has 0 atom stereocenters. The van der Waals surface area contributed by atoms with E-state index >= 15 is 0 Å². The number of ether oxygens (including phenoxy) is 1. The molecule has 0 amide bonds. The molecule has 90 valence electrons. The van der Waals surface area contributed by atoms with Gasteiger partial charge in [-0.05, 0) is 31.0 Å². The maximum absolute atomic E-state index is 5.80. The Hall–Kier alpha value is -1.81. The van der Waals surface area contributed by atoms with Crippen molar-refractivity contribution in [2.75, 3.05) is 0 Å². The first-order valence-electron chi connectivity index (χ1n) is 5.73. The van der Waals surface area contributed by atoms with Crippen molar-refractivity contribution >= 4 is 0 Å². The lowest BCUT2D eigenvalue weighted by atomic mass is 10.1. The van der Waals surface area contributed by atoms with Gasteiger partial charge in [0.25, 0.3) is 0 Å². The van der Waals surface area contributed by atoms with Gasteiger partial charge in [0.2, 0.25) is 0 Å². The average Bonchev–Trinajstić information content (AvgIpc) is 2.80. The van der Waals surface area contributed by atoms with Crippen molar-refractivity contribution < 1.29 is 4.74 Å². The fraction of sp³-hybridized carbons (Fsp3) is 0.308. The summed E-state index contributed by atoms with van der Waals surface area (Å²) in [6.45, 7) is 5.41. The molecule has 4 nitrogen and oxygen atoms in total. The monoisotopic (exact) mass is 231 g/mol. The number of hydrogen-bond donors (Lipinski definition) is 1. The first-order chi connectivity index (χ1) is 8.22. The SMILES string of the molecule is CCn1cc(Oc2cc(CN)ccc2C)cn1. The van der Waals surface area contributed by atoms with Crippen LogP contribution in [0.15, 0.2) is 30.6 Å². The Bertz CT molecular complexity index is 505. The van der Waals surface area contributed by atoms with Gasteiger partial charge in [0.05, 0.1) is 12.4 Å². The van der Waals surface area contributed by atoms with E-state index < -0.39 is 0 Å². The number of rotatable bonds is 4. The molecule has 2 N–H and O–H groups in total. The maximum atomic E-state index is 5.80. The highest BCUT2D eigenvalue weighted by Crippen LogP contribution is 2.25. The van der Waals surface area contributed by atoms with Crippen molar-refractivity contribution in [3.05, 3.63) is 41.7 Å². The molecule has 2 rings (SSSR count). The number of aryl methyl sites for hydroxylation is 2. The number of nitrogens with zero attached hydrogens (tertiary/aromatic N) is 2. The minimum Gasteiger partial charge on any atom is -0.454 e. The zero-order chi connectivity index (χ0) is 12.3. The number of aromatic nitrogens is 2. The molecule has 1 heterocycles. The van der Waals surface area contributed by atoms with Crippen molar-refractivity contribution in [2.24, 2.45) is 5.73 Å². The zero-order valence-corrected chi connectivity index (χ0v) is 10.2. The molecular weight excluding hydrogens is 214 g/mol. The zero-order valence-electron chi connectivity index (χ0n) is 10.2. The van der Waals surface area contributed by atoms with Gasteiger partial charge in [-0.1, -0.05) is 12.1 Å². The van der Waals surface area contributed by atoms with E-state index in [1.54, 1.807) is 6.20 Å². The van der Waals surface area contributed by atoms with Gasteiger partial charge in [-0.2, -0.15) is 5.10 Å². The second-order valence-corrected chi connectivity index (χ2v) is 3.94. The summed E-state index contributed by atoms with van der Waals surface area (Å²) >= 11 is 0. The smallest absolute Gasteiger partial charge is 0.165 e. The van der Waals surface area contributed by atoms with Crippen LogP contribution in [0, 0.1) is 6.92 Å². The third-order valence-electron chi connectivity index (χ3n) is 2.65. The van der Waals surface area contributed by atoms with E-state index in [-0.39, 0.29) is 0 Å². The summed E-state index contributed by atoms with van der Waals surface area (Å²) in [5.74, 6) is 1.59. The van der Waals surface area contributed by atoms with Gasteiger partial charge in [-0.3, -0.25) is 4.68 Å². The topological polar surface area (TPSA) is 53.1 Å². The molecular formula is C13H17N3O. The average molecular weight is 231 g/mol. The van der Waals surface area contributed by atoms with Crippen molar-refractivity contribution in [3.63, 3.8) is 0 Å². The van der Waals surface area contributed by atoms with Gasteiger partial charge in [0.15, 0.2) is 5.75 Å². The lowest BCUT2D eigenvalue weighted by Crippen LogP contribution is -1.97. The Morgan fingerprint density at radius 1 is 1.41 bits per heavy atom. The highest BCUT2D eigenvalue weighted by atomic mass is 16.5. The summed E-state index contributed by atoms with van der Waals surface area (Å²) in [4.78, 5) is 0. The standard InChI is InChI=1S/C13H17N3O/c1-3-16-9-12(8-15-16)17-13-6-11(7-14)5-4-10(13)2/h4-6,8-9H,3,7,14H2,1-2H3. The molecule has 0 unspecified atom stereocenters. The van der Waals surface area contributed by atoms with E-state index in [4.69, 9.17) is 10.5 Å². The Morgan fingerprint density at radius 3 is 2.88 bits per heavy atom. The first kappa shape index (κ1) is 11.7. The van der Waals surface area contributed by atoms with E-state index in [1.165, 1.54) is 0 Å². The molecule has 0 aliphatic heterocycles. The summed E-state index contributed by atoms with van der Waals surface area (Å²) < 4.78 is 7.63. The van der Waals surface area contributed by atoms with Gasteiger partial charge < -0.3 is 10.5 Å². The van der Waals surface area contributed by atoms with Gasteiger partial charge in [-0.25, -0.2) is 0 Å². The van der Waals surface area contributed by atoms with Crippen LogP contribution in [0.3, 0.4) is 0 Å². The van der Waals surface area contributed by atoms with Gasteiger partial charge in [0, 0.05) is 13.1 Å². The highest BCUT2D eigenvalue weighted by Gasteiger charge is 2.04. The fourth-order valence-electron chi connectivity index (χ4n) is 1.58. The van der Waals surface area contributed by atoms with Crippen molar-refractivity contribution in [3.8, 4) is 11.5 Å². The molecule has 1 aromatic heterocycles. The Balaban J connectivity index is 2.22. The van der Waals surface area contributed by atoms with Crippen LogP contribution in [-0.4, -0.2) is 9.78 Å². The minimum absolute atomic E-state index is 0.519. The van der Waals surface area contributed by atoms with Crippen LogP contribution in [0.4, 0.5) is 0 Å². The maximum Gasteiger partial charge on any atom is 0.165 e. The van der Waals surface area contributed by atoms with E-state index in [1.807, 2.05) is 42.9 Å². The Labute approximate surface area is 101 Å². The Morgan fingerprint density at radius 2 is 2.24 bits per heavy atom. The van der Waals surface area contributed by atoms with E-state index in [0.29, 0.717) is 6.54 Å². The van der Waals surface area contributed by atoms with Crippen LogP contribution in [0.2, 0.25) is 0 Å². The predicted molar refractivity (Wildman–Crippen MR) is 67.0 cm³/mol. The van der Waals surface area contributed by atoms with E-state index in [9.17, 15) is 0 Å². The summed E-state index contributed by atoms with van der Waals surface area (Å²) in [5.41, 5.74) is 7.77. The molecule has 1 aromatic carbocycles. The van der Waals surface area contributed by atoms with Crippen molar-refractivity contribution in [1.29, 1.82) is 0 Å². The van der Waals surface area contributed by atoms with Crippen LogP contribution in [0.5, 0.6) is 11.5 Å². The molecule has 4 heteroatoms. The second kappa shape index (κ2) is 5.01. The number of nitrogens with two attached hydrogens (primary N) is 1. The third kappa shape index (κ3) is 2.65. The molecule has 0 aliphatic rings. The number of benzene rings is 1. The third-order valence-corrected chi connectivity index (χ3v) is 2.65. The van der Waals surface area contributed by atoms with Crippen molar-refractivity contribution in [2.45, 2.75) is 26.9 Å². The lowest BCUT2D eigenvalue weighted by Gasteiger charge is -2.08. The molecule has 2 aromatic rings. The molecule has 0 saturated carbocycles. The molecule has 0 fully saturated rings. The van der Waals surface area contributed by atoms with Crippen LogP contribution in [-0.2, 0) is 13.1 Å². The van der Waals surface area contributed by atoms with Crippen LogP contribution < -0.4 is 10.5 Å². The molecule has 0 aliphatic carbocycles. The van der Waals surface area contributed by atoms with Crippen LogP contribution >= 0.6 is 0 Å². The predicted octanol–water partition coefficient (Wildman–Crippen LogP) is 2.46. The van der Waals surface area contributed by atoms with Crippen molar-refractivity contribution in [1.82, 2.24) is 9.78 Å². The molecule has 0 saturated heterocycles. The quantitative estimate of drug-likeness (QED) is 0.879. The highest BCUT2D eigenvalue weighted by molar-refractivity contribution is 5.39. The summed E-state index contributed by atoms with van der Waals surface area (Å²) in [5, 5.41) is 4.17. The van der Waals surface area contributed by atoms with E-state index in [2.05, 4.69) is 5.10 Å². The molecule has 0 radical (unpaired) electrons. The normalized spacial score (nSPS) is 10.5. The number of hydrogen-bond acceptors (Lipinski definition) is 3. The molecule has 17 heavy (non-hydrogen) atoms. The molecule has 0 bridgehead atoms. The minimum atomic E-state index is 0.519. The largest absolute Gasteiger partial charge is 0.454 e. The van der Waals surface area contributed by atoms with Gasteiger partial charge in [-0.15, -0.1) is 0 Å². The summed E-state index contributed by atoms with van der Waals surface area (Å²) in [6, 6.07) is 6.00. The lowest BCUT2D eigenvalue weighted by molar-refractivity contribution is 0.477. The summed E-state index contributed by atoms with van der Waals surface area (Å²) in [7, 11) is 0. The molecule has 0 spiro atoms.